The Morgan fingerprint density at radius 3 is 2.52 bits per heavy atom. The molecule has 1 aromatic carbocycles. The van der Waals surface area contributed by atoms with E-state index in [1.165, 1.54) is 0 Å². The first kappa shape index (κ1) is 25.2. The largest absolute Gasteiger partial charge is 0.470 e. The summed E-state index contributed by atoms with van der Waals surface area (Å²) >= 11 is 11.8. The molecular formula is C18H14Cl2F5N3O4S. The second-order valence-electron chi connectivity index (χ2n) is 6.90. The summed E-state index contributed by atoms with van der Waals surface area (Å²) in [4.78, 5) is 15.8. The molecule has 180 valence electrons. The second-order valence-corrected chi connectivity index (χ2v) is 9.79. The minimum atomic E-state index is -4.41. The Labute approximate surface area is 194 Å². The Balaban J connectivity index is 1.72. The number of nitrogens with zero attached hydrogens (tertiary/aromatic N) is 1. The first-order valence-electron chi connectivity index (χ1n) is 9.01. The van der Waals surface area contributed by atoms with Crippen LogP contribution in [0.5, 0.6) is 17.4 Å². The van der Waals surface area contributed by atoms with Crippen LogP contribution in [0.4, 0.5) is 22.0 Å². The van der Waals surface area contributed by atoms with Gasteiger partial charge in [0.25, 0.3) is 5.91 Å². The number of hydrogen-bond donors (Lipinski definition) is 2. The van der Waals surface area contributed by atoms with Crippen molar-refractivity contribution in [2.24, 2.45) is 0 Å². The van der Waals surface area contributed by atoms with E-state index in [0.717, 1.165) is 24.4 Å². The molecule has 1 aliphatic rings. The van der Waals surface area contributed by atoms with Crippen LogP contribution >= 0.6 is 23.2 Å². The van der Waals surface area contributed by atoms with Crippen molar-refractivity contribution in [2.45, 2.75) is 30.4 Å². The molecule has 0 radical (unpaired) electrons. The van der Waals surface area contributed by atoms with E-state index in [4.69, 9.17) is 32.7 Å². The van der Waals surface area contributed by atoms with Gasteiger partial charge in [-0.1, -0.05) is 23.2 Å². The lowest BCUT2D eigenvalue weighted by Gasteiger charge is -2.16. The van der Waals surface area contributed by atoms with Crippen molar-refractivity contribution in [1.82, 2.24) is 9.71 Å². The third-order valence-corrected chi connectivity index (χ3v) is 6.70. The number of ether oxygens (including phenoxy) is 2. The number of carbonyl (C=O) groups is 1. The van der Waals surface area contributed by atoms with Crippen molar-refractivity contribution in [1.29, 1.82) is 4.78 Å². The molecule has 33 heavy (non-hydrogen) atoms. The van der Waals surface area contributed by atoms with Gasteiger partial charge in [0.1, 0.15) is 32.3 Å². The molecule has 1 atom stereocenters. The Kier molecular flexibility index (Phi) is 7.24. The van der Waals surface area contributed by atoms with E-state index in [9.17, 15) is 31.0 Å². The maximum absolute atomic E-state index is 14.4. The summed E-state index contributed by atoms with van der Waals surface area (Å²) in [7, 11) is -3.41. The molecule has 1 aliphatic carbocycles. The van der Waals surface area contributed by atoms with Gasteiger partial charge in [-0.2, -0.15) is 8.78 Å². The molecule has 0 unspecified atom stereocenters. The van der Waals surface area contributed by atoms with Crippen molar-refractivity contribution in [2.75, 3.05) is 6.61 Å². The summed E-state index contributed by atoms with van der Waals surface area (Å²) in [6, 6.07) is 2.69. The SMILES string of the molecule is N=[S@](=O)(NC(=O)c1cc(Cl)c(Oc2cnc(OCC(F)(F)C(F)F)c(Cl)c2)cc1F)C1CC1. The lowest BCUT2D eigenvalue weighted by Crippen LogP contribution is -2.33. The average Bonchev–Trinajstić information content (AvgIpc) is 3.55. The molecule has 1 amide bonds. The van der Waals surface area contributed by atoms with Crippen molar-refractivity contribution < 1.29 is 40.4 Å². The van der Waals surface area contributed by atoms with Crippen LogP contribution in [0.1, 0.15) is 23.2 Å². The van der Waals surface area contributed by atoms with Crippen LogP contribution in [0.15, 0.2) is 24.4 Å². The van der Waals surface area contributed by atoms with E-state index in [2.05, 4.69) is 9.72 Å². The molecule has 2 aromatic rings. The number of pyridine rings is 1. The molecular weight excluding hydrogens is 520 g/mol. The maximum Gasteiger partial charge on any atom is 0.340 e. The van der Waals surface area contributed by atoms with E-state index >= 15 is 0 Å². The van der Waals surface area contributed by atoms with Crippen molar-refractivity contribution >= 4 is 39.0 Å². The monoisotopic (exact) mass is 533 g/mol. The number of rotatable bonds is 9. The number of carbonyl (C=O) groups excluding carboxylic acids is 1. The molecule has 1 heterocycles. The third-order valence-electron chi connectivity index (χ3n) is 4.24. The Bertz CT molecular complexity index is 1180. The summed E-state index contributed by atoms with van der Waals surface area (Å²) in [5.74, 6) is -7.58. The first-order chi connectivity index (χ1) is 15.3. The summed E-state index contributed by atoms with van der Waals surface area (Å²) in [5, 5.41) is -1.08. The van der Waals surface area contributed by atoms with Gasteiger partial charge in [-0.15, -0.1) is 0 Å². The van der Waals surface area contributed by atoms with Gasteiger partial charge in [0.05, 0.1) is 22.0 Å². The topological polar surface area (TPSA) is 101 Å². The van der Waals surface area contributed by atoms with Gasteiger partial charge in [0.15, 0.2) is 6.61 Å². The predicted molar refractivity (Wildman–Crippen MR) is 109 cm³/mol. The lowest BCUT2D eigenvalue weighted by molar-refractivity contribution is -0.148. The smallest absolute Gasteiger partial charge is 0.340 e. The Morgan fingerprint density at radius 2 is 1.94 bits per heavy atom. The lowest BCUT2D eigenvalue weighted by atomic mass is 10.2. The summed E-state index contributed by atoms with van der Waals surface area (Å²) in [6.07, 6.45) is -1.97. The van der Waals surface area contributed by atoms with Gasteiger partial charge in [-0.3, -0.25) is 9.52 Å². The van der Waals surface area contributed by atoms with Crippen LogP contribution < -0.4 is 14.2 Å². The van der Waals surface area contributed by atoms with E-state index in [-0.39, 0.29) is 21.5 Å². The highest BCUT2D eigenvalue weighted by atomic mass is 35.5. The molecule has 0 bridgehead atoms. The zero-order valence-electron chi connectivity index (χ0n) is 16.2. The van der Waals surface area contributed by atoms with Gasteiger partial charge >= 0.3 is 12.3 Å². The highest BCUT2D eigenvalue weighted by molar-refractivity contribution is 7.92. The molecule has 15 heteroatoms. The van der Waals surface area contributed by atoms with Gasteiger partial charge in [-0.05, 0) is 18.9 Å². The van der Waals surface area contributed by atoms with Crippen molar-refractivity contribution in [3.8, 4) is 17.4 Å². The molecule has 0 saturated heterocycles. The number of benzene rings is 1. The van der Waals surface area contributed by atoms with E-state index in [0.29, 0.717) is 12.8 Å². The van der Waals surface area contributed by atoms with Crippen molar-refractivity contribution in [3.05, 3.63) is 45.8 Å². The molecule has 1 aromatic heterocycles. The number of hydrogen-bond acceptors (Lipinski definition) is 6. The average molecular weight is 534 g/mol. The normalized spacial score (nSPS) is 15.8. The van der Waals surface area contributed by atoms with E-state index < -0.39 is 57.3 Å². The van der Waals surface area contributed by atoms with Crippen LogP contribution in [0.2, 0.25) is 10.0 Å². The zero-order valence-corrected chi connectivity index (χ0v) is 18.5. The van der Waals surface area contributed by atoms with Gasteiger partial charge in [0, 0.05) is 12.1 Å². The molecule has 0 spiro atoms. The van der Waals surface area contributed by atoms with Crippen LogP contribution in [0, 0.1) is 10.6 Å². The van der Waals surface area contributed by atoms with Gasteiger partial charge in [-0.25, -0.2) is 27.1 Å². The molecule has 2 N–H and O–H groups in total. The van der Waals surface area contributed by atoms with Gasteiger partial charge < -0.3 is 9.47 Å². The highest BCUT2D eigenvalue weighted by Crippen LogP contribution is 2.35. The Morgan fingerprint density at radius 1 is 1.27 bits per heavy atom. The summed E-state index contributed by atoms with van der Waals surface area (Å²) in [5.41, 5.74) is -0.562. The fourth-order valence-electron chi connectivity index (χ4n) is 2.38. The molecule has 1 saturated carbocycles. The molecule has 1 fully saturated rings. The predicted octanol–water partition coefficient (Wildman–Crippen LogP) is 5.45. The van der Waals surface area contributed by atoms with Crippen LogP contribution in [-0.2, 0) is 9.92 Å². The number of nitrogens with one attached hydrogen (secondary N) is 2. The molecule has 0 aliphatic heterocycles. The van der Waals surface area contributed by atoms with Gasteiger partial charge in [0.2, 0.25) is 5.88 Å². The van der Waals surface area contributed by atoms with E-state index in [1.54, 1.807) is 0 Å². The van der Waals surface area contributed by atoms with Crippen LogP contribution in [-0.4, -0.2) is 39.3 Å². The minimum absolute atomic E-state index is 0.144. The fourth-order valence-corrected chi connectivity index (χ4v) is 4.15. The summed E-state index contributed by atoms with van der Waals surface area (Å²) in [6.45, 7) is -1.66. The van der Waals surface area contributed by atoms with Crippen LogP contribution in [0.25, 0.3) is 0 Å². The summed E-state index contributed by atoms with van der Waals surface area (Å²) < 4.78 is 96.3. The molecule has 7 nitrogen and oxygen atoms in total. The minimum Gasteiger partial charge on any atom is -0.470 e. The Hall–Kier alpha value is -2.38. The zero-order chi connectivity index (χ0) is 24.6. The van der Waals surface area contributed by atoms with E-state index in [1.807, 2.05) is 4.72 Å². The van der Waals surface area contributed by atoms with Crippen molar-refractivity contribution in [3.63, 3.8) is 0 Å². The third kappa shape index (κ3) is 6.15. The standard InChI is InChI=1S/C18H14Cl2F5N3O4S/c19-11-4-10(15(29)28-33(26,30)9-1-2-9)13(21)5-14(11)32-8-3-12(20)16(27-6-8)31-7-18(24,25)17(22)23/h3-6,9,17H,1-2,7H2,(H2,26,28,29,30)/t33-/m0/s1. The fraction of sp³-hybridized carbons (Fsp3) is 0.333. The number of halogens is 7. The number of amides is 1. The second kappa shape index (κ2) is 9.47. The first-order valence-corrected chi connectivity index (χ1v) is 11.4. The molecule has 3 rings (SSSR count). The maximum atomic E-state index is 14.4. The number of alkyl halides is 4. The highest BCUT2D eigenvalue weighted by Gasteiger charge is 2.42. The number of aromatic nitrogens is 1. The van der Waals surface area contributed by atoms with Crippen LogP contribution in [0.3, 0.4) is 0 Å². The quantitative estimate of drug-likeness (QED) is 0.417.